The van der Waals surface area contributed by atoms with Crippen molar-refractivity contribution in [1.82, 2.24) is 4.57 Å². The van der Waals surface area contributed by atoms with Gasteiger partial charge in [0.15, 0.2) is 28.7 Å². The maximum absolute atomic E-state index is 13.5. The second-order valence-corrected chi connectivity index (χ2v) is 8.37. The van der Waals surface area contributed by atoms with Crippen molar-refractivity contribution in [2.24, 2.45) is 0 Å². The molecule has 0 bridgehead atoms. The minimum absolute atomic E-state index is 0.0496. The van der Waals surface area contributed by atoms with Gasteiger partial charge in [0.2, 0.25) is 5.91 Å². The van der Waals surface area contributed by atoms with Gasteiger partial charge in [0.25, 0.3) is 0 Å². The van der Waals surface area contributed by atoms with Gasteiger partial charge in [0, 0.05) is 5.22 Å². The van der Waals surface area contributed by atoms with E-state index in [1.165, 1.54) is 32.4 Å². The smallest absolute Gasteiger partial charge is 0.250 e. The van der Waals surface area contributed by atoms with Crippen LogP contribution in [0.15, 0.2) is 36.4 Å². The third-order valence-corrected chi connectivity index (χ3v) is 6.60. The maximum Gasteiger partial charge on any atom is 0.250 e. The topological polar surface area (TPSA) is 155 Å². The van der Waals surface area contributed by atoms with Gasteiger partial charge in [-0.15, -0.1) is 0 Å². The number of nitrogens with zero attached hydrogens (tertiary/aromatic N) is 3. The van der Waals surface area contributed by atoms with Crippen LogP contribution < -0.4 is 25.8 Å². The van der Waals surface area contributed by atoms with Gasteiger partial charge in [-0.05, 0) is 41.5 Å². The number of carbonyl (C=O) groups is 1. The number of fused-ring (bicyclic) bond motifs is 1. The van der Waals surface area contributed by atoms with E-state index in [-0.39, 0.29) is 44.6 Å². The number of aromatic hydroxyl groups is 2. The summed E-state index contributed by atoms with van der Waals surface area (Å²) in [7, 11) is 2.80. The number of hydrogen-bond donors (Lipinski definition) is 3. The quantitative estimate of drug-likeness (QED) is 0.515. The van der Waals surface area contributed by atoms with Gasteiger partial charge in [0.05, 0.1) is 25.3 Å². The molecule has 0 radical (unpaired) electrons. The number of benzene rings is 2. The molecule has 0 saturated carbocycles. The normalized spacial score (nSPS) is 15.4. The fourth-order valence-corrected chi connectivity index (χ4v) is 4.84. The molecule has 170 valence electrons. The molecule has 0 saturated heterocycles. The van der Waals surface area contributed by atoms with E-state index in [1.54, 1.807) is 24.3 Å². The van der Waals surface area contributed by atoms with Crippen molar-refractivity contribution in [3.05, 3.63) is 63.8 Å². The number of phenols is 2. The minimum Gasteiger partial charge on any atom is -0.504 e. The number of phenolic OH excluding ortho intramolecular Hbond substituents is 2. The number of nitrogen functional groups attached to an aromatic ring is 1. The first kappa shape index (κ1) is 22.6. The summed E-state index contributed by atoms with van der Waals surface area (Å²) in [4.78, 5) is 13.7. The number of aromatic nitrogens is 1. The molecule has 1 aliphatic rings. The van der Waals surface area contributed by atoms with Gasteiger partial charge in [0.1, 0.15) is 22.3 Å². The Morgan fingerprint density at radius 2 is 1.71 bits per heavy atom. The number of thioether (sulfide) groups is 1. The number of anilines is 1. The van der Waals surface area contributed by atoms with Crippen LogP contribution in [0.5, 0.6) is 23.0 Å². The minimum atomic E-state index is -0.864. The van der Waals surface area contributed by atoms with Crippen molar-refractivity contribution >= 4 is 34.3 Å². The van der Waals surface area contributed by atoms with Crippen LogP contribution in [0.2, 0.25) is 0 Å². The van der Waals surface area contributed by atoms with E-state index < -0.39 is 11.2 Å². The molecule has 1 aliphatic heterocycles. The number of nitriles is 2. The molecule has 0 amide bonds. The molecule has 3 aromatic rings. The van der Waals surface area contributed by atoms with Gasteiger partial charge in [-0.25, -0.2) is 0 Å². The largest absolute Gasteiger partial charge is 0.504 e. The van der Waals surface area contributed by atoms with E-state index in [0.717, 1.165) is 16.3 Å². The van der Waals surface area contributed by atoms with Crippen LogP contribution in [0.25, 0.3) is 11.0 Å². The number of nitrogens with two attached hydrogens (primary N) is 1. The number of rotatable bonds is 4. The van der Waals surface area contributed by atoms with Gasteiger partial charge in [-0.2, -0.15) is 10.5 Å². The third-order valence-electron chi connectivity index (χ3n) is 5.37. The van der Waals surface area contributed by atoms with E-state index >= 15 is 0 Å². The second-order valence-electron chi connectivity index (χ2n) is 7.26. The van der Waals surface area contributed by atoms with Gasteiger partial charge in [-0.1, -0.05) is 23.9 Å². The Bertz CT molecular complexity index is 1550. The summed E-state index contributed by atoms with van der Waals surface area (Å²) < 4.78 is 11.4. The lowest BCUT2D eigenvalue weighted by atomic mass is 10.1. The summed E-state index contributed by atoms with van der Waals surface area (Å²) in [6.07, 6.45) is 1.62. The molecule has 2 heterocycles. The molecule has 0 aliphatic carbocycles. The molecule has 0 fully saturated rings. The van der Waals surface area contributed by atoms with Gasteiger partial charge < -0.3 is 25.4 Å². The first-order chi connectivity index (χ1) is 16.3. The molecule has 2 aromatic carbocycles. The first-order valence-corrected chi connectivity index (χ1v) is 10.7. The summed E-state index contributed by atoms with van der Waals surface area (Å²) in [6.45, 7) is 0. The average Bonchev–Trinajstić information content (AvgIpc) is 3.12. The lowest BCUT2D eigenvalue weighted by Crippen LogP contribution is -2.40. The fraction of sp³-hybridized carbons (Fsp3) is 0.125. The molecule has 0 unspecified atom stereocenters. The van der Waals surface area contributed by atoms with Gasteiger partial charge in [-0.3, -0.25) is 9.36 Å². The highest BCUT2D eigenvalue weighted by atomic mass is 32.2. The third kappa shape index (κ3) is 3.56. The highest BCUT2D eigenvalue weighted by Gasteiger charge is 2.34. The van der Waals surface area contributed by atoms with E-state index in [2.05, 4.69) is 6.07 Å². The summed E-state index contributed by atoms with van der Waals surface area (Å²) >= 11 is 1.03. The van der Waals surface area contributed by atoms with E-state index in [1.807, 2.05) is 6.07 Å². The van der Waals surface area contributed by atoms with Crippen LogP contribution in [0.4, 0.5) is 5.69 Å². The van der Waals surface area contributed by atoms with Crippen LogP contribution >= 0.6 is 11.8 Å². The highest BCUT2D eigenvalue weighted by Crippen LogP contribution is 2.41. The molecule has 1 atom stereocenters. The lowest BCUT2D eigenvalue weighted by molar-refractivity contribution is 0.0905. The summed E-state index contributed by atoms with van der Waals surface area (Å²) in [5.41, 5.74) is 7.32. The van der Waals surface area contributed by atoms with Crippen LogP contribution in [0.1, 0.15) is 26.9 Å². The van der Waals surface area contributed by atoms with E-state index in [4.69, 9.17) is 15.2 Å². The van der Waals surface area contributed by atoms with Crippen molar-refractivity contribution in [2.75, 3.05) is 20.0 Å². The summed E-state index contributed by atoms with van der Waals surface area (Å²) in [5.74, 6) is -0.187. The second kappa shape index (κ2) is 8.77. The van der Waals surface area contributed by atoms with Crippen LogP contribution in [-0.2, 0) is 0 Å². The SMILES string of the molecule is COc1cc(/C=c2\c(N)c(C#N)n3c2=C(C#N)S[C@H](c2ccc(O)c(OC)c2)C3=O)ccc1O. The van der Waals surface area contributed by atoms with Crippen LogP contribution in [0.3, 0.4) is 0 Å². The summed E-state index contributed by atoms with van der Waals surface area (Å²) in [5, 5.41) is 39.2. The monoisotopic (exact) mass is 474 g/mol. The molecular weight excluding hydrogens is 456 g/mol. The molecule has 1 aromatic heterocycles. The maximum atomic E-state index is 13.5. The fourth-order valence-electron chi connectivity index (χ4n) is 3.75. The Hall–Kier alpha value is -4.54. The molecule has 34 heavy (non-hydrogen) atoms. The Morgan fingerprint density at radius 1 is 1.06 bits per heavy atom. The number of methoxy groups -OCH3 is 2. The van der Waals surface area contributed by atoms with E-state index in [9.17, 15) is 25.5 Å². The molecular formula is C24H18N4O5S. The predicted molar refractivity (Wildman–Crippen MR) is 126 cm³/mol. The van der Waals surface area contributed by atoms with Crippen molar-refractivity contribution in [3.63, 3.8) is 0 Å². The molecule has 4 rings (SSSR count). The molecule has 4 N–H and O–H groups in total. The zero-order valence-corrected chi connectivity index (χ0v) is 18.9. The van der Waals surface area contributed by atoms with Crippen LogP contribution in [-0.4, -0.2) is 34.9 Å². The van der Waals surface area contributed by atoms with E-state index in [0.29, 0.717) is 16.3 Å². The Labute approximate surface area is 198 Å². The zero-order valence-electron chi connectivity index (χ0n) is 18.1. The standard InChI is InChI=1S/C24H18N4O5S/c1-32-18-8-12(3-5-16(18)29)7-14-21(27)15(10-25)28-22(14)20(11-26)34-23(24(28)31)13-4-6-17(30)19(9-13)33-2/h3-9,23,29-30H,27H2,1-2H3/b14-7+/t23-/m1/s1. The number of hydrogen-bond acceptors (Lipinski definition) is 9. The van der Waals surface area contributed by atoms with Crippen molar-refractivity contribution < 1.29 is 24.5 Å². The predicted octanol–water partition coefficient (Wildman–Crippen LogP) is 1.96. The first-order valence-electron chi connectivity index (χ1n) is 9.85. The Balaban J connectivity index is 1.98. The van der Waals surface area contributed by atoms with Crippen LogP contribution in [0, 0.1) is 22.7 Å². The molecule has 0 spiro atoms. The van der Waals surface area contributed by atoms with Crippen molar-refractivity contribution in [3.8, 4) is 35.1 Å². The number of ether oxygens (including phenoxy) is 2. The van der Waals surface area contributed by atoms with Crippen molar-refractivity contribution in [2.45, 2.75) is 5.25 Å². The zero-order chi connectivity index (χ0) is 24.6. The summed E-state index contributed by atoms with van der Waals surface area (Å²) in [6, 6.07) is 13.2. The van der Waals surface area contributed by atoms with Gasteiger partial charge >= 0.3 is 0 Å². The van der Waals surface area contributed by atoms with Crippen molar-refractivity contribution in [1.29, 1.82) is 10.5 Å². The molecule has 10 heteroatoms. The lowest BCUT2D eigenvalue weighted by Gasteiger charge is -2.21. The average molecular weight is 474 g/mol. The number of carbonyl (C=O) groups excluding carboxylic acids is 1. The Kier molecular flexibility index (Phi) is 5.84. The Morgan fingerprint density at radius 3 is 2.32 bits per heavy atom. The molecule has 9 nitrogen and oxygen atoms in total. The highest BCUT2D eigenvalue weighted by molar-refractivity contribution is 8.09.